The molecule has 7 nitrogen and oxygen atoms in total. The lowest BCUT2D eigenvalue weighted by atomic mass is 9.97. The molecule has 0 atom stereocenters. The van der Waals surface area contributed by atoms with Crippen molar-refractivity contribution in [3.8, 4) is 0 Å². The van der Waals surface area contributed by atoms with Crippen LogP contribution >= 0.6 is 0 Å². The molecule has 2 aromatic rings. The molecule has 1 aliphatic rings. The number of carbonyl (C=O) groups is 1. The predicted molar refractivity (Wildman–Crippen MR) is 86.2 cm³/mol. The fourth-order valence-electron chi connectivity index (χ4n) is 2.67. The summed E-state index contributed by atoms with van der Waals surface area (Å²) in [5, 5.41) is 12.3. The minimum atomic E-state index is -0.703. The molecule has 1 fully saturated rings. The Bertz CT molecular complexity index is 657. The van der Waals surface area contributed by atoms with E-state index in [1.165, 1.54) is 6.33 Å². The van der Waals surface area contributed by atoms with Crippen LogP contribution in [-0.2, 0) is 11.3 Å². The summed E-state index contributed by atoms with van der Waals surface area (Å²) in [6.45, 7) is 2.05. The Labute approximate surface area is 134 Å². The van der Waals surface area contributed by atoms with Crippen LogP contribution in [0, 0.1) is 5.92 Å². The van der Waals surface area contributed by atoms with Gasteiger partial charge < -0.3 is 15.3 Å². The molecule has 2 aromatic heterocycles. The van der Waals surface area contributed by atoms with Crippen LogP contribution in [-0.4, -0.2) is 39.1 Å². The van der Waals surface area contributed by atoms with Gasteiger partial charge in [-0.15, -0.1) is 0 Å². The van der Waals surface area contributed by atoms with Crippen LogP contribution in [0.5, 0.6) is 0 Å². The van der Waals surface area contributed by atoms with Gasteiger partial charge in [0.2, 0.25) is 0 Å². The summed E-state index contributed by atoms with van der Waals surface area (Å²) in [5.41, 5.74) is 1.08. The van der Waals surface area contributed by atoms with E-state index in [0.717, 1.165) is 17.2 Å². The first kappa shape index (κ1) is 15.2. The van der Waals surface area contributed by atoms with E-state index in [-0.39, 0.29) is 5.92 Å². The number of nitrogens with one attached hydrogen (secondary N) is 1. The maximum Gasteiger partial charge on any atom is 0.306 e. The number of carboxylic acids is 1. The van der Waals surface area contributed by atoms with Gasteiger partial charge in [0.05, 0.1) is 5.92 Å². The summed E-state index contributed by atoms with van der Waals surface area (Å²) < 4.78 is 0. The number of pyridine rings is 1. The maximum atomic E-state index is 11.0. The van der Waals surface area contributed by atoms with Gasteiger partial charge in [-0.25, -0.2) is 9.97 Å². The van der Waals surface area contributed by atoms with Gasteiger partial charge in [0, 0.05) is 38.1 Å². The smallest absolute Gasteiger partial charge is 0.306 e. The molecule has 1 saturated heterocycles. The second-order valence-electron chi connectivity index (χ2n) is 5.58. The molecule has 0 amide bonds. The standard InChI is InChI=1S/C16H19N5O2/c22-16(23)13-3-6-21(7-4-13)15-8-14(19-11-20-15)18-10-12-2-1-5-17-9-12/h1-2,5,8-9,11,13H,3-4,6-7,10H2,(H,22,23)(H,18,19,20). The summed E-state index contributed by atoms with van der Waals surface area (Å²) >= 11 is 0. The quantitative estimate of drug-likeness (QED) is 0.869. The summed E-state index contributed by atoms with van der Waals surface area (Å²) in [6.07, 6.45) is 6.39. The van der Waals surface area contributed by atoms with Gasteiger partial charge in [-0.1, -0.05) is 6.07 Å². The van der Waals surface area contributed by atoms with E-state index < -0.39 is 5.97 Å². The Kier molecular flexibility index (Phi) is 4.65. The number of anilines is 2. The molecule has 120 valence electrons. The van der Waals surface area contributed by atoms with Gasteiger partial charge in [0.25, 0.3) is 0 Å². The first-order valence-electron chi connectivity index (χ1n) is 7.65. The largest absolute Gasteiger partial charge is 0.481 e. The minimum Gasteiger partial charge on any atom is -0.481 e. The molecule has 0 saturated carbocycles. The molecule has 3 heterocycles. The lowest BCUT2D eigenvalue weighted by Crippen LogP contribution is -2.36. The first-order chi connectivity index (χ1) is 11.2. The Morgan fingerprint density at radius 2 is 2.17 bits per heavy atom. The van der Waals surface area contributed by atoms with Crippen LogP contribution in [0.15, 0.2) is 36.9 Å². The predicted octanol–water partition coefficient (Wildman–Crippen LogP) is 1.78. The number of carboxylic acid groups (broad SMARTS) is 1. The van der Waals surface area contributed by atoms with E-state index in [1.54, 1.807) is 6.20 Å². The van der Waals surface area contributed by atoms with E-state index >= 15 is 0 Å². The summed E-state index contributed by atoms with van der Waals surface area (Å²) in [4.78, 5) is 25.7. The van der Waals surface area contributed by atoms with Crippen LogP contribution in [0.3, 0.4) is 0 Å². The van der Waals surface area contributed by atoms with Crippen molar-refractivity contribution in [2.45, 2.75) is 19.4 Å². The molecule has 7 heteroatoms. The number of aromatic nitrogens is 3. The Morgan fingerprint density at radius 3 is 2.87 bits per heavy atom. The molecule has 0 spiro atoms. The average Bonchev–Trinajstić information content (AvgIpc) is 2.61. The highest BCUT2D eigenvalue weighted by Crippen LogP contribution is 2.23. The first-order valence-corrected chi connectivity index (χ1v) is 7.65. The van der Waals surface area contributed by atoms with Crippen LogP contribution in [0.4, 0.5) is 11.6 Å². The normalized spacial score (nSPS) is 15.4. The molecule has 0 bridgehead atoms. The van der Waals surface area contributed by atoms with Crippen molar-refractivity contribution in [1.82, 2.24) is 15.0 Å². The third-order valence-electron chi connectivity index (χ3n) is 4.02. The van der Waals surface area contributed by atoms with E-state index in [9.17, 15) is 4.79 Å². The fraction of sp³-hybridized carbons (Fsp3) is 0.375. The minimum absolute atomic E-state index is 0.240. The van der Waals surface area contributed by atoms with Crippen molar-refractivity contribution in [1.29, 1.82) is 0 Å². The third-order valence-corrected chi connectivity index (χ3v) is 4.02. The summed E-state index contributed by atoms with van der Waals surface area (Å²) in [6, 6.07) is 5.80. The molecule has 23 heavy (non-hydrogen) atoms. The summed E-state index contributed by atoms with van der Waals surface area (Å²) in [7, 11) is 0. The molecular formula is C16H19N5O2. The monoisotopic (exact) mass is 313 g/mol. The van der Waals surface area contributed by atoms with Crippen LogP contribution in [0.25, 0.3) is 0 Å². The second-order valence-corrected chi connectivity index (χ2v) is 5.58. The Morgan fingerprint density at radius 1 is 1.35 bits per heavy atom. The molecular weight excluding hydrogens is 294 g/mol. The van der Waals surface area contributed by atoms with Gasteiger partial charge in [0.1, 0.15) is 18.0 Å². The van der Waals surface area contributed by atoms with Crippen molar-refractivity contribution >= 4 is 17.6 Å². The number of nitrogens with zero attached hydrogens (tertiary/aromatic N) is 4. The van der Waals surface area contributed by atoms with E-state index in [0.29, 0.717) is 32.5 Å². The topological polar surface area (TPSA) is 91.2 Å². The lowest BCUT2D eigenvalue weighted by molar-refractivity contribution is -0.142. The van der Waals surface area contributed by atoms with Crippen molar-refractivity contribution < 1.29 is 9.90 Å². The fourth-order valence-corrected chi connectivity index (χ4v) is 2.67. The van der Waals surface area contributed by atoms with Crippen LogP contribution < -0.4 is 10.2 Å². The van der Waals surface area contributed by atoms with E-state index in [4.69, 9.17) is 5.11 Å². The zero-order chi connectivity index (χ0) is 16.1. The molecule has 0 radical (unpaired) electrons. The molecule has 3 rings (SSSR count). The second kappa shape index (κ2) is 7.04. The molecule has 1 aliphatic heterocycles. The highest BCUT2D eigenvalue weighted by Gasteiger charge is 2.25. The van der Waals surface area contributed by atoms with E-state index in [1.807, 2.05) is 24.4 Å². The van der Waals surface area contributed by atoms with Gasteiger partial charge in [-0.3, -0.25) is 9.78 Å². The zero-order valence-electron chi connectivity index (χ0n) is 12.7. The number of aliphatic carboxylic acids is 1. The van der Waals surface area contributed by atoms with Gasteiger partial charge >= 0.3 is 5.97 Å². The summed E-state index contributed by atoms with van der Waals surface area (Å²) in [5.74, 6) is 0.638. The third kappa shape index (κ3) is 3.94. The van der Waals surface area contributed by atoms with Crippen molar-refractivity contribution in [2.75, 3.05) is 23.3 Å². The molecule has 0 aromatic carbocycles. The van der Waals surface area contributed by atoms with Crippen molar-refractivity contribution in [3.05, 3.63) is 42.5 Å². The van der Waals surface area contributed by atoms with Crippen LogP contribution in [0.2, 0.25) is 0 Å². The zero-order valence-corrected chi connectivity index (χ0v) is 12.7. The Balaban J connectivity index is 1.60. The molecule has 0 aliphatic carbocycles. The van der Waals surface area contributed by atoms with Gasteiger partial charge in [0.15, 0.2) is 0 Å². The highest BCUT2D eigenvalue weighted by molar-refractivity contribution is 5.70. The number of rotatable bonds is 5. The Hall–Kier alpha value is -2.70. The van der Waals surface area contributed by atoms with E-state index in [2.05, 4.69) is 25.2 Å². The number of hydrogen-bond donors (Lipinski definition) is 2. The lowest BCUT2D eigenvalue weighted by Gasteiger charge is -2.31. The van der Waals surface area contributed by atoms with Crippen molar-refractivity contribution in [2.24, 2.45) is 5.92 Å². The van der Waals surface area contributed by atoms with Crippen LogP contribution in [0.1, 0.15) is 18.4 Å². The highest BCUT2D eigenvalue weighted by atomic mass is 16.4. The SMILES string of the molecule is O=C(O)C1CCN(c2cc(NCc3cccnc3)ncn2)CC1. The number of hydrogen-bond acceptors (Lipinski definition) is 6. The van der Waals surface area contributed by atoms with Gasteiger partial charge in [-0.2, -0.15) is 0 Å². The van der Waals surface area contributed by atoms with Gasteiger partial charge in [-0.05, 0) is 24.5 Å². The molecule has 0 unspecified atom stereocenters. The molecule has 2 N–H and O–H groups in total. The van der Waals surface area contributed by atoms with Crippen molar-refractivity contribution in [3.63, 3.8) is 0 Å². The maximum absolute atomic E-state index is 11.0. The number of piperidine rings is 1. The average molecular weight is 313 g/mol.